The fraction of sp³-hybridized carbons (Fsp3) is 0.824. The number of rotatable bonds is 8. The maximum atomic E-state index is 5.78. The van der Waals surface area contributed by atoms with Gasteiger partial charge in [0, 0.05) is 25.2 Å². The zero-order valence-corrected chi connectivity index (χ0v) is 14.1. The van der Waals surface area contributed by atoms with Crippen LogP contribution in [-0.2, 0) is 6.54 Å². The van der Waals surface area contributed by atoms with Gasteiger partial charge < -0.3 is 14.6 Å². The van der Waals surface area contributed by atoms with E-state index < -0.39 is 0 Å². The Morgan fingerprint density at radius 2 is 2.00 bits per heavy atom. The summed E-state index contributed by atoms with van der Waals surface area (Å²) in [6, 6.07) is 1.91. The van der Waals surface area contributed by atoms with Gasteiger partial charge in [-0.2, -0.15) is 4.98 Å². The molecule has 21 heavy (non-hydrogen) atoms. The number of oxazole rings is 1. The standard InChI is InChI=1S/C17H31N3O/c1-13(2)9-10-20(16-7-5-6-8-16)17-19-15(12-21-17)11-18-14(3)4/h12-14,16,18H,5-11H2,1-4H3. The van der Waals surface area contributed by atoms with E-state index in [0.29, 0.717) is 18.0 Å². The van der Waals surface area contributed by atoms with Crippen molar-refractivity contribution in [2.24, 2.45) is 5.92 Å². The molecule has 0 saturated heterocycles. The first-order chi connectivity index (χ1) is 10.1. The minimum absolute atomic E-state index is 0.469. The molecule has 1 saturated carbocycles. The third kappa shape index (κ3) is 5.03. The monoisotopic (exact) mass is 293 g/mol. The molecule has 0 amide bonds. The molecule has 1 heterocycles. The summed E-state index contributed by atoms with van der Waals surface area (Å²) in [5.41, 5.74) is 1.01. The van der Waals surface area contributed by atoms with Crippen molar-refractivity contribution in [2.45, 2.75) is 78.4 Å². The van der Waals surface area contributed by atoms with E-state index in [1.165, 1.54) is 32.1 Å². The molecule has 0 unspecified atom stereocenters. The van der Waals surface area contributed by atoms with Crippen molar-refractivity contribution in [3.05, 3.63) is 12.0 Å². The topological polar surface area (TPSA) is 41.3 Å². The SMILES string of the molecule is CC(C)CCN(c1nc(CNC(C)C)co1)C1CCCC1. The third-order valence-corrected chi connectivity index (χ3v) is 4.19. The Morgan fingerprint density at radius 1 is 1.29 bits per heavy atom. The van der Waals surface area contributed by atoms with E-state index in [2.05, 4.69) is 37.9 Å². The van der Waals surface area contributed by atoms with Crippen LogP contribution >= 0.6 is 0 Å². The second-order valence-corrected chi connectivity index (χ2v) is 6.97. The molecule has 1 fully saturated rings. The van der Waals surface area contributed by atoms with E-state index in [-0.39, 0.29) is 0 Å². The molecule has 0 radical (unpaired) electrons. The molecule has 1 aliphatic carbocycles. The van der Waals surface area contributed by atoms with Crippen LogP contribution in [0.4, 0.5) is 6.01 Å². The fourth-order valence-electron chi connectivity index (χ4n) is 2.87. The molecule has 120 valence electrons. The summed E-state index contributed by atoms with van der Waals surface area (Å²) in [6.45, 7) is 10.7. The molecule has 0 atom stereocenters. The highest BCUT2D eigenvalue weighted by molar-refractivity contribution is 5.29. The highest BCUT2D eigenvalue weighted by Gasteiger charge is 2.26. The molecule has 2 rings (SSSR count). The highest BCUT2D eigenvalue weighted by Crippen LogP contribution is 2.28. The van der Waals surface area contributed by atoms with Gasteiger partial charge in [-0.05, 0) is 25.2 Å². The van der Waals surface area contributed by atoms with Crippen molar-refractivity contribution < 1.29 is 4.42 Å². The van der Waals surface area contributed by atoms with Crippen LogP contribution in [0.25, 0.3) is 0 Å². The van der Waals surface area contributed by atoms with Crippen LogP contribution in [0.15, 0.2) is 10.7 Å². The average molecular weight is 293 g/mol. The maximum absolute atomic E-state index is 5.78. The summed E-state index contributed by atoms with van der Waals surface area (Å²) in [5.74, 6) is 0.714. The van der Waals surface area contributed by atoms with Crippen LogP contribution in [0, 0.1) is 5.92 Å². The summed E-state index contributed by atoms with van der Waals surface area (Å²) >= 11 is 0. The van der Waals surface area contributed by atoms with Crippen molar-refractivity contribution in [1.29, 1.82) is 0 Å². The number of nitrogens with one attached hydrogen (secondary N) is 1. The van der Waals surface area contributed by atoms with E-state index >= 15 is 0 Å². The molecular weight excluding hydrogens is 262 g/mol. The third-order valence-electron chi connectivity index (χ3n) is 4.19. The molecule has 1 aromatic heterocycles. The normalized spacial score (nSPS) is 16.3. The minimum Gasteiger partial charge on any atom is -0.432 e. The van der Waals surface area contributed by atoms with Crippen molar-refractivity contribution in [2.75, 3.05) is 11.4 Å². The fourth-order valence-corrected chi connectivity index (χ4v) is 2.87. The van der Waals surface area contributed by atoms with Crippen LogP contribution in [0.3, 0.4) is 0 Å². The summed E-state index contributed by atoms with van der Waals surface area (Å²) < 4.78 is 5.78. The van der Waals surface area contributed by atoms with Gasteiger partial charge in [-0.15, -0.1) is 0 Å². The van der Waals surface area contributed by atoms with Crippen LogP contribution in [0.5, 0.6) is 0 Å². The first-order valence-corrected chi connectivity index (χ1v) is 8.50. The van der Waals surface area contributed by atoms with Gasteiger partial charge in [0.05, 0.1) is 5.69 Å². The average Bonchev–Trinajstić information content (AvgIpc) is 3.08. The first kappa shape index (κ1) is 16.3. The molecule has 0 aliphatic heterocycles. The molecule has 0 aromatic carbocycles. The number of hydrogen-bond acceptors (Lipinski definition) is 4. The van der Waals surface area contributed by atoms with Gasteiger partial charge in [0.15, 0.2) is 0 Å². The van der Waals surface area contributed by atoms with E-state index in [0.717, 1.165) is 24.8 Å². The lowest BCUT2D eigenvalue weighted by Gasteiger charge is -2.28. The minimum atomic E-state index is 0.469. The Morgan fingerprint density at radius 3 is 2.62 bits per heavy atom. The van der Waals surface area contributed by atoms with Crippen molar-refractivity contribution in [3.8, 4) is 0 Å². The van der Waals surface area contributed by atoms with E-state index in [9.17, 15) is 0 Å². The zero-order valence-electron chi connectivity index (χ0n) is 14.1. The number of nitrogens with zero attached hydrogens (tertiary/aromatic N) is 2. The van der Waals surface area contributed by atoms with Crippen LogP contribution in [0.1, 0.15) is 65.5 Å². The largest absolute Gasteiger partial charge is 0.432 e. The lowest BCUT2D eigenvalue weighted by molar-refractivity contribution is 0.466. The Balaban J connectivity index is 2.01. The molecule has 0 bridgehead atoms. The smallest absolute Gasteiger partial charge is 0.297 e. The summed E-state index contributed by atoms with van der Waals surface area (Å²) in [4.78, 5) is 7.11. The number of anilines is 1. The van der Waals surface area contributed by atoms with Crippen molar-refractivity contribution in [1.82, 2.24) is 10.3 Å². The second-order valence-electron chi connectivity index (χ2n) is 6.97. The highest BCUT2D eigenvalue weighted by atomic mass is 16.4. The van der Waals surface area contributed by atoms with Crippen molar-refractivity contribution in [3.63, 3.8) is 0 Å². The molecule has 4 heteroatoms. The van der Waals surface area contributed by atoms with Crippen LogP contribution < -0.4 is 10.2 Å². The van der Waals surface area contributed by atoms with Crippen LogP contribution in [-0.4, -0.2) is 23.6 Å². The molecular formula is C17H31N3O. The summed E-state index contributed by atoms with van der Waals surface area (Å²) in [6.07, 6.45) is 8.23. The van der Waals surface area contributed by atoms with Crippen molar-refractivity contribution >= 4 is 6.01 Å². The lowest BCUT2D eigenvalue weighted by atomic mass is 10.1. The van der Waals surface area contributed by atoms with Gasteiger partial charge in [-0.3, -0.25) is 0 Å². The number of aromatic nitrogens is 1. The van der Waals surface area contributed by atoms with Gasteiger partial charge in [-0.1, -0.05) is 40.5 Å². The van der Waals surface area contributed by atoms with Gasteiger partial charge in [-0.25, -0.2) is 0 Å². The molecule has 1 N–H and O–H groups in total. The van der Waals surface area contributed by atoms with Gasteiger partial charge in [0.2, 0.25) is 0 Å². The Kier molecular flexibility index (Phi) is 6.09. The molecule has 1 aromatic rings. The summed E-state index contributed by atoms with van der Waals surface area (Å²) in [5, 5.41) is 3.39. The van der Waals surface area contributed by atoms with E-state index in [4.69, 9.17) is 9.40 Å². The molecule has 0 spiro atoms. The van der Waals surface area contributed by atoms with E-state index in [1.54, 1.807) is 0 Å². The molecule has 1 aliphatic rings. The Hall–Kier alpha value is -1.03. The predicted octanol–water partition coefficient (Wildman–Crippen LogP) is 3.97. The molecule has 4 nitrogen and oxygen atoms in total. The van der Waals surface area contributed by atoms with E-state index in [1.807, 2.05) is 6.26 Å². The lowest BCUT2D eigenvalue weighted by Crippen LogP contribution is -2.35. The maximum Gasteiger partial charge on any atom is 0.297 e. The quantitative estimate of drug-likeness (QED) is 0.787. The number of hydrogen-bond donors (Lipinski definition) is 1. The Labute approximate surface area is 129 Å². The zero-order chi connectivity index (χ0) is 15.2. The Bertz CT molecular complexity index is 408. The second kappa shape index (κ2) is 7.83. The predicted molar refractivity (Wildman–Crippen MR) is 87.5 cm³/mol. The van der Waals surface area contributed by atoms with Gasteiger partial charge >= 0.3 is 0 Å². The van der Waals surface area contributed by atoms with Crippen LogP contribution in [0.2, 0.25) is 0 Å². The van der Waals surface area contributed by atoms with Gasteiger partial charge in [0.25, 0.3) is 6.01 Å². The van der Waals surface area contributed by atoms with Gasteiger partial charge in [0.1, 0.15) is 6.26 Å². The first-order valence-electron chi connectivity index (χ1n) is 8.50. The summed E-state index contributed by atoms with van der Waals surface area (Å²) in [7, 11) is 0.